The number of likely N-dealkylation sites (tertiary alicyclic amines) is 1. The maximum absolute atomic E-state index is 13.5. The van der Waals surface area contributed by atoms with Crippen LogP contribution in [-0.4, -0.2) is 36.0 Å². The number of amides is 2. The van der Waals surface area contributed by atoms with Gasteiger partial charge >= 0.3 is 0 Å². The first-order valence-corrected chi connectivity index (χ1v) is 11.0. The van der Waals surface area contributed by atoms with E-state index in [0.717, 1.165) is 45.1 Å². The Hall–Kier alpha value is -2.66. The summed E-state index contributed by atoms with van der Waals surface area (Å²) in [4.78, 5) is 27.9. The molecule has 2 aromatic carbocycles. The third kappa shape index (κ3) is 4.73. The standard InChI is InChI=1S/C25H30N2O3/c1-18-8-5-9-19(16-18)22-12-3-2-4-14-27(22)25(29)20-10-6-11-21(17-20)26-24(28)23-13-7-15-30-23/h5-6,8-11,16-17,22-23H,2-4,7,12-15H2,1H3,(H,26,28)/t22-,23-/m0/s1. The summed E-state index contributed by atoms with van der Waals surface area (Å²) < 4.78 is 5.46. The molecule has 0 radical (unpaired) electrons. The molecule has 0 spiro atoms. The first-order chi connectivity index (χ1) is 14.6. The Labute approximate surface area is 178 Å². The van der Waals surface area contributed by atoms with E-state index in [1.54, 1.807) is 6.07 Å². The van der Waals surface area contributed by atoms with Crippen LogP contribution in [0.2, 0.25) is 0 Å². The Morgan fingerprint density at radius 1 is 1.00 bits per heavy atom. The van der Waals surface area contributed by atoms with E-state index in [1.165, 1.54) is 11.1 Å². The number of hydrogen-bond donors (Lipinski definition) is 1. The summed E-state index contributed by atoms with van der Waals surface area (Å²) in [6, 6.07) is 15.8. The predicted octanol–water partition coefficient (Wildman–Crippen LogP) is 4.87. The number of carbonyl (C=O) groups is 2. The highest BCUT2D eigenvalue weighted by Gasteiger charge is 2.28. The molecule has 5 heteroatoms. The predicted molar refractivity (Wildman–Crippen MR) is 117 cm³/mol. The molecule has 1 N–H and O–H groups in total. The highest BCUT2D eigenvalue weighted by atomic mass is 16.5. The summed E-state index contributed by atoms with van der Waals surface area (Å²) in [5, 5.41) is 2.91. The van der Waals surface area contributed by atoms with Gasteiger partial charge in [0, 0.05) is 24.4 Å². The first kappa shape index (κ1) is 20.6. The van der Waals surface area contributed by atoms with Gasteiger partial charge in [0.2, 0.25) is 0 Å². The van der Waals surface area contributed by atoms with Crippen molar-refractivity contribution in [2.24, 2.45) is 0 Å². The van der Waals surface area contributed by atoms with Crippen molar-refractivity contribution in [2.45, 2.75) is 57.6 Å². The zero-order chi connectivity index (χ0) is 20.9. The molecule has 4 rings (SSSR count). The van der Waals surface area contributed by atoms with Gasteiger partial charge in [-0.15, -0.1) is 0 Å². The van der Waals surface area contributed by atoms with Crippen molar-refractivity contribution < 1.29 is 14.3 Å². The molecule has 2 aromatic rings. The van der Waals surface area contributed by atoms with Crippen LogP contribution >= 0.6 is 0 Å². The second-order valence-electron chi connectivity index (χ2n) is 8.35. The molecular weight excluding hydrogens is 376 g/mol. The smallest absolute Gasteiger partial charge is 0.254 e. The summed E-state index contributed by atoms with van der Waals surface area (Å²) in [7, 11) is 0. The fourth-order valence-corrected chi connectivity index (χ4v) is 4.48. The average Bonchev–Trinajstić information content (AvgIpc) is 3.18. The summed E-state index contributed by atoms with van der Waals surface area (Å²) in [5.41, 5.74) is 3.67. The number of benzene rings is 2. The van der Waals surface area contributed by atoms with E-state index < -0.39 is 0 Å². The molecule has 30 heavy (non-hydrogen) atoms. The van der Waals surface area contributed by atoms with Crippen molar-refractivity contribution >= 4 is 17.5 Å². The van der Waals surface area contributed by atoms with Crippen molar-refractivity contribution in [3.63, 3.8) is 0 Å². The maximum Gasteiger partial charge on any atom is 0.254 e. The minimum atomic E-state index is -0.388. The molecule has 2 aliphatic rings. The minimum Gasteiger partial charge on any atom is -0.368 e. The van der Waals surface area contributed by atoms with E-state index in [9.17, 15) is 9.59 Å². The van der Waals surface area contributed by atoms with Gasteiger partial charge in [0.25, 0.3) is 11.8 Å². The molecule has 0 bridgehead atoms. The zero-order valence-corrected chi connectivity index (χ0v) is 17.6. The Morgan fingerprint density at radius 3 is 2.67 bits per heavy atom. The lowest BCUT2D eigenvalue weighted by molar-refractivity contribution is -0.124. The summed E-state index contributed by atoms with van der Waals surface area (Å²) >= 11 is 0. The lowest BCUT2D eigenvalue weighted by Gasteiger charge is -2.31. The van der Waals surface area contributed by atoms with E-state index in [4.69, 9.17) is 4.74 Å². The van der Waals surface area contributed by atoms with Crippen molar-refractivity contribution in [3.05, 3.63) is 65.2 Å². The Kier molecular flexibility index (Phi) is 6.48. The number of carbonyl (C=O) groups excluding carboxylic acids is 2. The molecule has 2 atom stereocenters. The molecule has 0 saturated carbocycles. The number of aryl methyl sites for hydroxylation is 1. The van der Waals surface area contributed by atoms with Crippen LogP contribution in [0.1, 0.15) is 66.1 Å². The van der Waals surface area contributed by atoms with E-state index in [-0.39, 0.29) is 24.0 Å². The average molecular weight is 407 g/mol. The van der Waals surface area contributed by atoms with Crippen molar-refractivity contribution in [2.75, 3.05) is 18.5 Å². The number of rotatable bonds is 4. The van der Waals surface area contributed by atoms with Crippen LogP contribution in [0.3, 0.4) is 0 Å². The summed E-state index contributed by atoms with van der Waals surface area (Å²) in [5.74, 6) is -0.110. The number of nitrogens with one attached hydrogen (secondary N) is 1. The van der Waals surface area contributed by atoms with Crippen LogP contribution in [0.15, 0.2) is 48.5 Å². The number of anilines is 1. The first-order valence-electron chi connectivity index (χ1n) is 11.0. The molecule has 5 nitrogen and oxygen atoms in total. The molecule has 2 saturated heterocycles. The maximum atomic E-state index is 13.5. The highest BCUT2D eigenvalue weighted by Crippen LogP contribution is 2.32. The second-order valence-corrected chi connectivity index (χ2v) is 8.35. The lowest BCUT2D eigenvalue weighted by atomic mass is 9.98. The molecule has 2 heterocycles. The SMILES string of the molecule is Cc1cccc([C@@H]2CCCCCN2C(=O)c2cccc(NC(=O)[C@@H]3CCCO3)c2)c1. The van der Waals surface area contributed by atoms with Gasteiger partial charge in [0.1, 0.15) is 6.10 Å². The van der Waals surface area contributed by atoms with Gasteiger partial charge in [-0.05, 0) is 56.4 Å². The molecule has 2 aliphatic heterocycles. The van der Waals surface area contributed by atoms with Crippen LogP contribution in [0.4, 0.5) is 5.69 Å². The summed E-state index contributed by atoms with van der Waals surface area (Å²) in [6.07, 6.45) is 5.53. The Morgan fingerprint density at radius 2 is 1.87 bits per heavy atom. The van der Waals surface area contributed by atoms with Crippen LogP contribution in [0.5, 0.6) is 0 Å². The van der Waals surface area contributed by atoms with Gasteiger partial charge in [-0.3, -0.25) is 9.59 Å². The van der Waals surface area contributed by atoms with Gasteiger partial charge in [-0.1, -0.05) is 48.7 Å². The monoisotopic (exact) mass is 406 g/mol. The van der Waals surface area contributed by atoms with Crippen molar-refractivity contribution in [1.82, 2.24) is 4.90 Å². The normalized spacial score (nSPS) is 21.8. The molecule has 2 amide bonds. The van der Waals surface area contributed by atoms with Gasteiger partial charge in [-0.25, -0.2) is 0 Å². The molecule has 0 unspecified atom stereocenters. The number of hydrogen-bond acceptors (Lipinski definition) is 3. The second kappa shape index (κ2) is 9.43. The van der Waals surface area contributed by atoms with E-state index in [1.807, 2.05) is 23.1 Å². The number of nitrogens with zero attached hydrogens (tertiary/aromatic N) is 1. The van der Waals surface area contributed by atoms with Gasteiger partial charge < -0.3 is 15.0 Å². The Balaban J connectivity index is 1.54. The van der Waals surface area contributed by atoms with Crippen LogP contribution in [0.25, 0.3) is 0 Å². The fourth-order valence-electron chi connectivity index (χ4n) is 4.48. The third-order valence-electron chi connectivity index (χ3n) is 6.04. The van der Waals surface area contributed by atoms with Crippen molar-refractivity contribution in [1.29, 1.82) is 0 Å². The molecule has 0 aromatic heterocycles. The molecule has 0 aliphatic carbocycles. The van der Waals surface area contributed by atoms with Crippen LogP contribution in [-0.2, 0) is 9.53 Å². The lowest BCUT2D eigenvalue weighted by Crippen LogP contribution is -2.35. The van der Waals surface area contributed by atoms with Gasteiger partial charge in [0.15, 0.2) is 0 Å². The van der Waals surface area contributed by atoms with E-state index >= 15 is 0 Å². The van der Waals surface area contributed by atoms with E-state index in [2.05, 4.69) is 36.5 Å². The van der Waals surface area contributed by atoms with Gasteiger partial charge in [0.05, 0.1) is 6.04 Å². The quantitative estimate of drug-likeness (QED) is 0.788. The Bertz CT molecular complexity index is 905. The fraction of sp³-hybridized carbons (Fsp3) is 0.440. The molecular formula is C25H30N2O3. The topological polar surface area (TPSA) is 58.6 Å². The number of ether oxygens (including phenoxy) is 1. The van der Waals surface area contributed by atoms with Crippen molar-refractivity contribution in [3.8, 4) is 0 Å². The van der Waals surface area contributed by atoms with Gasteiger partial charge in [-0.2, -0.15) is 0 Å². The zero-order valence-electron chi connectivity index (χ0n) is 17.6. The molecule has 158 valence electrons. The largest absolute Gasteiger partial charge is 0.368 e. The van der Waals surface area contributed by atoms with Crippen LogP contribution < -0.4 is 5.32 Å². The third-order valence-corrected chi connectivity index (χ3v) is 6.04. The highest BCUT2D eigenvalue weighted by molar-refractivity contribution is 5.98. The molecule has 2 fully saturated rings. The minimum absolute atomic E-state index is 0.0246. The van der Waals surface area contributed by atoms with E-state index in [0.29, 0.717) is 17.9 Å². The summed E-state index contributed by atoms with van der Waals surface area (Å²) in [6.45, 7) is 3.47. The van der Waals surface area contributed by atoms with Crippen LogP contribution in [0, 0.1) is 6.92 Å².